The fourth-order valence-corrected chi connectivity index (χ4v) is 3.32. The van der Waals surface area contributed by atoms with E-state index in [1.165, 1.54) is 6.07 Å². The number of hydrogen-bond acceptors (Lipinski definition) is 2. The molecular weight excluding hydrogens is 373 g/mol. The maximum atomic E-state index is 13.6. The average molecular weight is 392 g/mol. The van der Waals surface area contributed by atoms with E-state index in [0.717, 1.165) is 23.2 Å². The van der Waals surface area contributed by atoms with Crippen LogP contribution in [0, 0.1) is 5.82 Å². The molecule has 6 heteroatoms. The van der Waals surface area contributed by atoms with Crippen molar-refractivity contribution in [2.45, 2.75) is 6.54 Å². The van der Waals surface area contributed by atoms with Gasteiger partial charge in [-0.25, -0.2) is 9.18 Å². The summed E-state index contributed by atoms with van der Waals surface area (Å²) in [5, 5.41) is 2.79. The molecule has 1 heterocycles. The minimum atomic E-state index is -0.295. The molecule has 2 amide bonds. The van der Waals surface area contributed by atoms with E-state index in [4.69, 9.17) is 0 Å². The summed E-state index contributed by atoms with van der Waals surface area (Å²) in [4.78, 5) is 16.3. The van der Waals surface area contributed by atoms with Crippen LogP contribution < -0.4 is 10.2 Å². The second-order valence-electron chi connectivity index (χ2n) is 5.68. The molecule has 0 unspecified atom stereocenters. The summed E-state index contributed by atoms with van der Waals surface area (Å²) < 4.78 is 14.6. The lowest BCUT2D eigenvalue weighted by atomic mass is 10.2. The zero-order valence-corrected chi connectivity index (χ0v) is 14.8. The lowest BCUT2D eigenvalue weighted by molar-refractivity contribution is 0.194. The number of para-hydroxylation sites is 1. The predicted molar refractivity (Wildman–Crippen MR) is 96.6 cm³/mol. The zero-order valence-electron chi connectivity index (χ0n) is 13.2. The Morgan fingerprint density at radius 2 is 1.71 bits per heavy atom. The predicted octanol–water partition coefficient (Wildman–Crippen LogP) is 3.62. The quantitative estimate of drug-likeness (QED) is 0.866. The van der Waals surface area contributed by atoms with Gasteiger partial charge in [-0.2, -0.15) is 0 Å². The van der Waals surface area contributed by atoms with Gasteiger partial charge < -0.3 is 15.1 Å². The molecule has 0 aliphatic carbocycles. The number of carbonyl (C=O) groups excluding carboxylic acids is 1. The summed E-state index contributed by atoms with van der Waals surface area (Å²) in [6.07, 6.45) is 0. The molecular formula is C18H19BrFN3O. The third-order valence-corrected chi connectivity index (χ3v) is 4.82. The molecule has 2 aromatic rings. The van der Waals surface area contributed by atoms with Crippen LogP contribution in [-0.4, -0.2) is 37.1 Å². The summed E-state index contributed by atoms with van der Waals surface area (Å²) in [5.41, 5.74) is 1.64. The van der Waals surface area contributed by atoms with Gasteiger partial charge in [0.2, 0.25) is 0 Å². The van der Waals surface area contributed by atoms with Crippen molar-refractivity contribution in [2.75, 3.05) is 31.1 Å². The lowest BCUT2D eigenvalue weighted by Crippen LogP contribution is -2.51. The fraction of sp³-hybridized carbons (Fsp3) is 0.278. The van der Waals surface area contributed by atoms with Gasteiger partial charge >= 0.3 is 6.03 Å². The number of piperazine rings is 1. The van der Waals surface area contributed by atoms with E-state index in [0.29, 0.717) is 18.7 Å². The Kier molecular flexibility index (Phi) is 5.35. The molecule has 1 aliphatic rings. The standard InChI is InChI=1S/C18H19BrFN3O/c19-15-6-2-4-8-17(15)22-9-11-23(12-10-22)18(24)21-13-14-5-1-3-7-16(14)20/h1-8H,9-13H2,(H,21,24). The first kappa shape index (κ1) is 16.8. The number of anilines is 1. The largest absolute Gasteiger partial charge is 0.367 e. The second-order valence-corrected chi connectivity index (χ2v) is 6.53. The SMILES string of the molecule is O=C(NCc1ccccc1F)N1CCN(c2ccccc2Br)CC1. The van der Waals surface area contributed by atoms with Crippen LogP contribution in [-0.2, 0) is 6.54 Å². The Hall–Kier alpha value is -2.08. The van der Waals surface area contributed by atoms with E-state index < -0.39 is 0 Å². The van der Waals surface area contributed by atoms with Gasteiger partial charge in [-0.05, 0) is 34.1 Å². The van der Waals surface area contributed by atoms with Crippen molar-refractivity contribution in [1.82, 2.24) is 10.2 Å². The molecule has 0 spiro atoms. The fourth-order valence-electron chi connectivity index (χ4n) is 2.78. The van der Waals surface area contributed by atoms with E-state index in [1.54, 1.807) is 23.1 Å². The number of hydrogen-bond donors (Lipinski definition) is 1. The molecule has 0 bridgehead atoms. The summed E-state index contributed by atoms with van der Waals surface area (Å²) >= 11 is 3.56. The number of nitrogens with one attached hydrogen (secondary N) is 1. The van der Waals surface area contributed by atoms with Crippen LogP contribution >= 0.6 is 15.9 Å². The van der Waals surface area contributed by atoms with E-state index >= 15 is 0 Å². The highest BCUT2D eigenvalue weighted by atomic mass is 79.9. The first-order chi connectivity index (χ1) is 11.6. The maximum absolute atomic E-state index is 13.6. The molecule has 4 nitrogen and oxygen atoms in total. The molecule has 2 aromatic carbocycles. The van der Waals surface area contributed by atoms with Crippen molar-refractivity contribution < 1.29 is 9.18 Å². The minimum absolute atomic E-state index is 0.148. The highest BCUT2D eigenvalue weighted by Crippen LogP contribution is 2.26. The van der Waals surface area contributed by atoms with Gasteiger partial charge in [0, 0.05) is 42.8 Å². The number of amides is 2. The topological polar surface area (TPSA) is 35.6 Å². The van der Waals surface area contributed by atoms with Crippen molar-refractivity contribution in [3.05, 3.63) is 64.4 Å². The summed E-state index contributed by atoms with van der Waals surface area (Å²) in [6.45, 7) is 3.04. The molecule has 3 rings (SSSR count). The molecule has 1 N–H and O–H groups in total. The van der Waals surface area contributed by atoms with E-state index in [9.17, 15) is 9.18 Å². The first-order valence-corrected chi connectivity index (χ1v) is 8.70. The van der Waals surface area contributed by atoms with Gasteiger partial charge in [-0.3, -0.25) is 0 Å². The Balaban J connectivity index is 1.52. The lowest BCUT2D eigenvalue weighted by Gasteiger charge is -2.36. The molecule has 0 aromatic heterocycles. The zero-order chi connectivity index (χ0) is 16.9. The number of urea groups is 1. The number of nitrogens with zero attached hydrogens (tertiary/aromatic N) is 2. The first-order valence-electron chi connectivity index (χ1n) is 7.91. The molecule has 1 aliphatic heterocycles. The van der Waals surface area contributed by atoms with Gasteiger partial charge in [0.05, 0.1) is 5.69 Å². The molecule has 1 fully saturated rings. The van der Waals surface area contributed by atoms with Gasteiger partial charge in [0.25, 0.3) is 0 Å². The number of rotatable bonds is 3. The molecule has 1 saturated heterocycles. The second kappa shape index (κ2) is 7.66. The Bertz CT molecular complexity index is 717. The molecule has 126 valence electrons. The smallest absolute Gasteiger partial charge is 0.317 e. The number of carbonyl (C=O) groups is 1. The van der Waals surface area contributed by atoms with Crippen LogP contribution in [0.2, 0.25) is 0 Å². The van der Waals surface area contributed by atoms with Gasteiger partial charge in [0.1, 0.15) is 5.82 Å². The van der Waals surface area contributed by atoms with Gasteiger partial charge in [-0.15, -0.1) is 0 Å². The van der Waals surface area contributed by atoms with Crippen LogP contribution in [0.5, 0.6) is 0 Å². The average Bonchev–Trinajstić information content (AvgIpc) is 2.61. The van der Waals surface area contributed by atoms with Crippen molar-refractivity contribution in [2.24, 2.45) is 0 Å². The van der Waals surface area contributed by atoms with Crippen LogP contribution in [0.1, 0.15) is 5.56 Å². The highest BCUT2D eigenvalue weighted by molar-refractivity contribution is 9.10. The van der Waals surface area contributed by atoms with E-state index in [2.05, 4.69) is 32.2 Å². The third kappa shape index (κ3) is 3.87. The highest BCUT2D eigenvalue weighted by Gasteiger charge is 2.22. The normalized spacial score (nSPS) is 14.6. The van der Waals surface area contributed by atoms with Crippen LogP contribution in [0.3, 0.4) is 0 Å². The Labute approximate surface area is 149 Å². The van der Waals surface area contributed by atoms with Crippen LogP contribution in [0.15, 0.2) is 53.0 Å². The Morgan fingerprint density at radius 1 is 1.04 bits per heavy atom. The van der Waals surface area contributed by atoms with E-state index in [1.807, 2.05) is 18.2 Å². The van der Waals surface area contributed by atoms with Crippen molar-refractivity contribution in [1.29, 1.82) is 0 Å². The summed E-state index contributed by atoms with van der Waals surface area (Å²) in [5.74, 6) is -0.295. The van der Waals surface area contributed by atoms with Crippen LogP contribution in [0.25, 0.3) is 0 Å². The monoisotopic (exact) mass is 391 g/mol. The number of halogens is 2. The third-order valence-electron chi connectivity index (χ3n) is 4.15. The van der Waals surface area contributed by atoms with Crippen molar-refractivity contribution in [3.63, 3.8) is 0 Å². The van der Waals surface area contributed by atoms with Crippen LogP contribution in [0.4, 0.5) is 14.9 Å². The van der Waals surface area contributed by atoms with Crippen molar-refractivity contribution in [3.8, 4) is 0 Å². The molecule has 0 radical (unpaired) electrons. The molecule has 0 atom stereocenters. The number of benzene rings is 2. The Morgan fingerprint density at radius 3 is 2.42 bits per heavy atom. The van der Waals surface area contributed by atoms with Gasteiger partial charge in [0.15, 0.2) is 0 Å². The van der Waals surface area contributed by atoms with E-state index in [-0.39, 0.29) is 18.4 Å². The van der Waals surface area contributed by atoms with Crippen molar-refractivity contribution >= 4 is 27.6 Å². The molecule has 24 heavy (non-hydrogen) atoms. The summed E-state index contributed by atoms with van der Waals surface area (Å²) in [7, 11) is 0. The minimum Gasteiger partial charge on any atom is -0.367 e. The maximum Gasteiger partial charge on any atom is 0.317 e. The molecule has 0 saturated carbocycles. The summed E-state index contributed by atoms with van der Waals surface area (Å²) in [6, 6.07) is 14.4. The van der Waals surface area contributed by atoms with Gasteiger partial charge in [-0.1, -0.05) is 30.3 Å².